The van der Waals surface area contributed by atoms with E-state index < -0.39 is 35.4 Å². The molecule has 0 radical (unpaired) electrons. The summed E-state index contributed by atoms with van der Waals surface area (Å²) in [6.45, 7) is 5.27. The summed E-state index contributed by atoms with van der Waals surface area (Å²) in [7, 11) is 0. The lowest BCUT2D eigenvalue weighted by Crippen LogP contribution is -2.45. The fraction of sp³-hybridized carbons (Fsp3) is 0.444. The zero-order chi connectivity index (χ0) is 19.6. The lowest BCUT2D eigenvalue weighted by atomic mass is 10.1. The minimum Gasteiger partial charge on any atom is -0.478 e. The first kappa shape index (κ1) is 19.4. The Kier molecular flexibility index (Phi) is 5.34. The maximum absolute atomic E-state index is 12.6. The molecule has 1 aromatic carbocycles. The molecular formula is C18H22N2O6. The number of esters is 1. The lowest BCUT2D eigenvalue weighted by molar-refractivity contribution is -0.155. The molecule has 1 atom stereocenters. The lowest BCUT2D eigenvalue weighted by Gasteiger charge is -2.25. The second-order valence-corrected chi connectivity index (χ2v) is 7.15. The highest BCUT2D eigenvalue weighted by Gasteiger charge is 2.36. The second kappa shape index (κ2) is 7.15. The van der Waals surface area contributed by atoms with Crippen LogP contribution in [0.4, 0.5) is 0 Å². The fourth-order valence-electron chi connectivity index (χ4n) is 2.83. The van der Waals surface area contributed by atoms with Crippen molar-refractivity contribution in [2.24, 2.45) is 5.73 Å². The topological polar surface area (TPSA) is 127 Å². The number of hydrogen-bond acceptors (Lipinski definition) is 5. The summed E-state index contributed by atoms with van der Waals surface area (Å²) in [5, 5.41) is 9.06. The minimum absolute atomic E-state index is 0.0375. The standard InChI is InChI=1S/C18H22N2O6/c1-18(2,3)26-14(21)7-6-13(15(19)22)20-9-11-8-10(17(24)25)4-5-12(11)16(20)23/h4-5,8,13H,6-7,9H2,1-3H3,(H2,19,22)(H,24,25). The normalized spacial score (nSPS) is 14.7. The highest BCUT2D eigenvalue weighted by atomic mass is 16.6. The van der Waals surface area contributed by atoms with E-state index in [1.54, 1.807) is 20.8 Å². The number of carbonyl (C=O) groups excluding carboxylic acids is 3. The van der Waals surface area contributed by atoms with Crippen LogP contribution in [0.5, 0.6) is 0 Å². The number of benzene rings is 1. The van der Waals surface area contributed by atoms with Crippen LogP contribution in [0.25, 0.3) is 0 Å². The highest BCUT2D eigenvalue weighted by molar-refractivity contribution is 6.02. The largest absolute Gasteiger partial charge is 0.478 e. The molecular weight excluding hydrogens is 340 g/mol. The Labute approximate surface area is 150 Å². The molecule has 0 saturated heterocycles. The van der Waals surface area contributed by atoms with Crippen LogP contribution in [0.1, 0.15) is 59.9 Å². The fourth-order valence-corrected chi connectivity index (χ4v) is 2.83. The van der Waals surface area contributed by atoms with E-state index in [0.717, 1.165) is 0 Å². The Morgan fingerprint density at radius 3 is 2.50 bits per heavy atom. The van der Waals surface area contributed by atoms with Gasteiger partial charge in [-0.05, 0) is 51.0 Å². The van der Waals surface area contributed by atoms with E-state index in [-0.39, 0.29) is 24.9 Å². The first-order valence-corrected chi connectivity index (χ1v) is 8.18. The third kappa shape index (κ3) is 4.38. The Morgan fingerprint density at radius 1 is 1.31 bits per heavy atom. The molecule has 1 aliphatic heterocycles. The van der Waals surface area contributed by atoms with Crippen molar-refractivity contribution in [3.8, 4) is 0 Å². The van der Waals surface area contributed by atoms with Gasteiger partial charge in [0, 0.05) is 18.5 Å². The van der Waals surface area contributed by atoms with Gasteiger partial charge < -0.3 is 20.5 Å². The van der Waals surface area contributed by atoms with Crippen molar-refractivity contribution in [2.75, 3.05) is 0 Å². The molecule has 0 saturated carbocycles. The van der Waals surface area contributed by atoms with Crippen LogP contribution in [0, 0.1) is 0 Å². The molecule has 0 fully saturated rings. The number of rotatable bonds is 6. The molecule has 0 bridgehead atoms. The zero-order valence-corrected chi connectivity index (χ0v) is 14.9. The van der Waals surface area contributed by atoms with Crippen molar-refractivity contribution < 1.29 is 29.0 Å². The molecule has 3 N–H and O–H groups in total. The van der Waals surface area contributed by atoms with E-state index in [9.17, 15) is 19.2 Å². The number of aromatic carboxylic acids is 1. The van der Waals surface area contributed by atoms with Gasteiger partial charge >= 0.3 is 11.9 Å². The number of primary amides is 1. The van der Waals surface area contributed by atoms with E-state index in [4.69, 9.17) is 15.6 Å². The number of nitrogens with two attached hydrogens (primary N) is 1. The van der Waals surface area contributed by atoms with Crippen molar-refractivity contribution in [1.82, 2.24) is 4.90 Å². The smallest absolute Gasteiger partial charge is 0.335 e. The number of carbonyl (C=O) groups is 4. The third-order valence-electron chi connectivity index (χ3n) is 3.93. The number of amides is 2. The summed E-state index contributed by atoms with van der Waals surface area (Å²) in [4.78, 5) is 48.6. The molecule has 0 aliphatic carbocycles. The monoisotopic (exact) mass is 362 g/mol. The molecule has 8 nitrogen and oxygen atoms in total. The van der Waals surface area contributed by atoms with Gasteiger partial charge in [-0.3, -0.25) is 14.4 Å². The van der Waals surface area contributed by atoms with Gasteiger partial charge in [-0.15, -0.1) is 0 Å². The summed E-state index contributed by atoms with van der Waals surface area (Å²) in [5.41, 5.74) is 5.68. The zero-order valence-electron chi connectivity index (χ0n) is 14.9. The van der Waals surface area contributed by atoms with Crippen molar-refractivity contribution in [1.29, 1.82) is 0 Å². The van der Waals surface area contributed by atoms with Crippen LogP contribution < -0.4 is 5.73 Å². The average Bonchev–Trinajstić information content (AvgIpc) is 2.82. The molecule has 8 heteroatoms. The van der Waals surface area contributed by atoms with Gasteiger partial charge in [0.1, 0.15) is 11.6 Å². The van der Waals surface area contributed by atoms with Gasteiger partial charge in [-0.1, -0.05) is 0 Å². The number of nitrogens with zero attached hydrogens (tertiary/aromatic N) is 1. The van der Waals surface area contributed by atoms with Gasteiger partial charge in [-0.2, -0.15) is 0 Å². The first-order chi connectivity index (χ1) is 12.0. The SMILES string of the molecule is CC(C)(C)OC(=O)CCC(C(N)=O)N1Cc2cc(C(=O)O)ccc2C1=O. The van der Waals surface area contributed by atoms with Crippen LogP contribution in [-0.4, -0.2) is 45.4 Å². The van der Waals surface area contributed by atoms with Gasteiger partial charge in [-0.25, -0.2) is 4.79 Å². The van der Waals surface area contributed by atoms with Crippen molar-refractivity contribution in [2.45, 2.75) is 51.8 Å². The van der Waals surface area contributed by atoms with Crippen LogP contribution in [0.3, 0.4) is 0 Å². The van der Waals surface area contributed by atoms with Gasteiger partial charge in [0.05, 0.1) is 5.56 Å². The van der Waals surface area contributed by atoms with Gasteiger partial charge in [0.2, 0.25) is 5.91 Å². The number of carboxylic acid groups (broad SMARTS) is 1. The maximum Gasteiger partial charge on any atom is 0.335 e. The molecule has 140 valence electrons. The Morgan fingerprint density at radius 2 is 1.96 bits per heavy atom. The summed E-state index contributed by atoms with van der Waals surface area (Å²) in [6.07, 6.45) is -0.0266. The Bertz CT molecular complexity index is 765. The van der Waals surface area contributed by atoms with Crippen molar-refractivity contribution in [3.05, 3.63) is 34.9 Å². The van der Waals surface area contributed by atoms with Gasteiger partial charge in [0.25, 0.3) is 5.91 Å². The van der Waals surface area contributed by atoms with Crippen LogP contribution in [0.15, 0.2) is 18.2 Å². The Hall–Kier alpha value is -2.90. The second-order valence-electron chi connectivity index (χ2n) is 7.15. The van der Waals surface area contributed by atoms with E-state index in [1.807, 2.05) is 0 Å². The summed E-state index contributed by atoms with van der Waals surface area (Å²) < 4.78 is 5.20. The summed E-state index contributed by atoms with van der Waals surface area (Å²) in [5.74, 6) is -2.73. The van der Waals surface area contributed by atoms with Crippen LogP contribution in [-0.2, 0) is 20.9 Å². The quantitative estimate of drug-likeness (QED) is 0.735. The summed E-state index contributed by atoms with van der Waals surface area (Å²) >= 11 is 0. The molecule has 1 unspecified atom stereocenters. The first-order valence-electron chi connectivity index (χ1n) is 8.18. The van der Waals surface area contributed by atoms with Crippen LogP contribution in [0.2, 0.25) is 0 Å². The molecule has 1 heterocycles. The summed E-state index contributed by atoms with van der Waals surface area (Å²) in [6, 6.07) is 3.19. The van der Waals surface area contributed by atoms with Crippen molar-refractivity contribution in [3.63, 3.8) is 0 Å². The predicted octanol–water partition coefficient (Wildman–Crippen LogP) is 1.32. The molecule has 0 aromatic heterocycles. The highest BCUT2D eigenvalue weighted by Crippen LogP contribution is 2.27. The molecule has 0 spiro atoms. The van der Waals surface area contributed by atoms with E-state index in [1.165, 1.54) is 23.1 Å². The third-order valence-corrected chi connectivity index (χ3v) is 3.93. The maximum atomic E-state index is 12.6. The number of carboxylic acids is 1. The molecule has 2 amide bonds. The molecule has 1 aliphatic rings. The molecule has 2 rings (SSSR count). The minimum atomic E-state index is -1.10. The number of hydrogen-bond donors (Lipinski definition) is 2. The van der Waals surface area contributed by atoms with E-state index in [0.29, 0.717) is 11.1 Å². The number of fused-ring (bicyclic) bond motifs is 1. The average molecular weight is 362 g/mol. The molecule has 1 aromatic rings. The predicted molar refractivity (Wildman–Crippen MR) is 91.3 cm³/mol. The van der Waals surface area contributed by atoms with E-state index >= 15 is 0 Å². The Balaban J connectivity index is 2.13. The number of ether oxygens (including phenoxy) is 1. The van der Waals surface area contributed by atoms with Crippen LogP contribution >= 0.6 is 0 Å². The van der Waals surface area contributed by atoms with Gasteiger partial charge in [0.15, 0.2) is 0 Å². The van der Waals surface area contributed by atoms with Crippen molar-refractivity contribution >= 4 is 23.8 Å². The van der Waals surface area contributed by atoms with E-state index in [2.05, 4.69) is 0 Å². The molecule has 26 heavy (non-hydrogen) atoms.